The van der Waals surface area contributed by atoms with Gasteiger partial charge in [-0.2, -0.15) is 0 Å². The zero-order valence-electron chi connectivity index (χ0n) is 12.9. The molecule has 112 valence electrons. The molecule has 0 radical (unpaired) electrons. The smallest absolute Gasteiger partial charge is 0.148 e. The van der Waals surface area contributed by atoms with Crippen LogP contribution in [-0.2, 0) is 0 Å². The van der Waals surface area contributed by atoms with Gasteiger partial charge < -0.3 is 10.2 Å². The molecule has 1 aromatic carbocycles. The van der Waals surface area contributed by atoms with Crippen molar-refractivity contribution in [3.63, 3.8) is 0 Å². The van der Waals surface area contributed by atoms with Crippen molar-refractivity contribution in [2.75, 3.05) is 24.5 Å². The number of aromatic nitrogens is 2. The number of nitrogens with zero attached hydrogens (tertiary/aromatic N) is 3. The Labute approximate surface area is 126 Å². The van der Waals surface area contributed by atoms with Gasteiger partial charge in [0.25, 0.3) is 0 Å². The quantitative estimate of drug-likeness (QED) is 0.937. The van der Waals surface area contributed by atoms with E-state index in [-0.39, 0.29) is 0 Å². The Hall–Kier alpha value is -1.68. The van der Waals surface area contributed by atoms with E-state index in [1.807, 2.05) is 30.5 Å². The molecule has 21 heavy (non-hydrogen) atoms. The summed E-state index contributed by atoms with van der Waals surface area (Å²) in [5, 5.41) is 3.43. The molecule has 3 rings (SSSR count). The van der Waals surface area contributed by atoms with E-state index >= 15 is 0 Å². The third-order valence-electron chi connectivity index (χ3n) is 4.27. The number of para-hydroxylation sites is 2. The van der Waals surface area contributed by atoms with Crippen molar-refractivity contribution in [3.05, 3.63) is 30.5 Å². The van der Waals surface area contributed by atoms with Gasteiger partial charge in [0.15, 0.2) is 0 Å². The van der Waals surface area contributed by atoms with Crippen LogP contribution in [0.25, 0.3) is 11.0 Å². The van der Waals surface area contributed by atoms with Crippen molar-refractivity contribution in [3.8, 4) is 0 Å². The summed E-state index contributed by atoms with van der Waals surface area (Å²) < 4.78 is 0. The van der Waals surface area contributed by atoms with Crippen LogP contribution in [0.5, 0.6) is 0 Å². The van der Waals surface area contributed by atoms with Crippen LogP contribution in [0.4, 0.5) is 5.82 Å². The minimum Gasteiger partial charge on any atom is -0.353 e. The van der Waals surface area contributed by atoms with E-state index in [0.29, 0.717) is 6.04 Å². The first-order valence-electron chi connectivity index (χ1n) is 7.93. The maximum Gasteiger partial charge on any atom is 0.148 e. The predicted octanol–water partition coefficient (Wildman–Crippen LogP) is 2.84. The summed E-state index contributed by atoms with van der Waals surface area (Å²) in [4.78, 5) is 11.8. The van der Waals surface area contributed by atoms with Gasteiger partial charge in [-0.15, -0.1) is 0 Å². The summed E-state index contributed by atoms with van der Waals surface area (Å²) in [6.45, 7) is 7.82. The number of hydrogen-bond acceptors (Lipinski definition) is 4. The van der Waals surface area contributed by atoms with Crippen molar-refractivity contribution in [2.24, 2.45) is 5.92 Å². The van der Waals surface area contributed by atoms with Crippen molar-refractivity contribution in [1.82, 2.24) is 15.3 Å². The first-order chi connectivity index (χ1) is 10.2. The highest BCUT2D eigenvalue weighted by Crippen LogP contribution is 2.21. The molecule has 0 bridgehead atoms. The zero-order valence-corrected chi connectivity index (χ0v) is 12.9. The van der Waals surface area contributed by atoms with E-state index < -0.39 is 0 Å². The maximum absolute atomic E-state index is 4.81. The molecule has 1 aromatic heterocycles. The molecule has 0 spiro atoms. The molecule has 4 heteroatoms. The summed E-state index contributed by atoms with van der Waals surface area (Å²) in [5.74, 6) is 1.75. The molecular weight excluding hydrogens is 260 g/mol. The van der Waals surface area contributed by atoms with E-state index in [2.05, 4.69) is 29.0 Å². The standard InChI is InChI=1S/C17H24N4/c1-13(2)21(12-14-7-9-18-10-8-14)17-11-19-15-5-3-4-6-16(15)20-17/h3-6,11,13-14,18H,7-10,12H2,1-2H3. The summed E-state index contributed by atoms with van der Waals surface area (Å²) >= 11 is 0. The molecule has 1 aliphatic heterocycles. The number of piperidine rings is 1. The lowest BCUT2D eigenvalue weighted by Gasteiger charge is -2.33. The van der Waals surface area contributed by atoms with Crippen LogP contribution in [0, 0.1) is 5.92 Å². The Morgan fingerprint density at radius 3 is 2.62 bits per heavy atom. The van der Waals surface area contributed by atoms with E-state index in [0.717, 1.165) is 42.4 Å². The monoisotopic (exact) mass is 284 g/mol. The number of rotatable bonds is 4. The molecule has 0 atom stereocenters. The fourth-order valence-corrected chi connectivity index (χ4v) is 3.00. The van der Waals surface area contributed by atoms with Gasteiger partial charge in [0.05, 0.1) is 17.2 Å². The summed E-state index contributed by atoms with van der Waals surface area (Å²) in [5.41, 5.74) is 1.94. The molecule has 1 saturated heterocycles. The van der Waals surface area contributed by atoms with Crippen LogP contribution >= 0.6 is 0 Å². The van der Waals surface area contributed by atoms with Gasteiger partial charge in [0, 0.05) is 12.6 Å². The summed E-state index contributed by atoms with van der Waals surface area (Å²) in [6, 6.07) is 8.52. The highest BCUT2D eigenvalue weighted by Gasteiger charge is 2.20. The summed E-state index contributed by atoms with van der Waals surface area (Å²) in [6.07, 6.45) is 4.43. The van der Waals surface area contributed by atoms with Gasteiger partial charge in [-0.05, 0) is 57.8 Å². The SMILES string of the molecule is CC(C)N(CC1CCNCC1)c1cnc2ccccc2n1. The number of nitrogens with one attached hydrogen (secondary N) is 1. The Morgan fingerprint density at radius 2 is 1.90 bits per heavy atom. The second kappa shape index (κ2) is 6.39. The van der Waals surface area contributed by atoms with Crippen LogP contribution in [0.15, 0.2) is 30.5 Å². The van der Waals surface area contributed by atoms with E-state index in [4.69, 9.17) is 4.98 Å². The van der Waals surface area contributed by atoms with E-state index in [1.165, 1.54) is 12.8 Å². The largest absolute Gasteiger partial charge is 0.353 e. The van der Waals surface area contributed by atoms with Crippen LogP contribution in [0.3, 0.4) is 0 Å². The molecule has 4 nitrogen and oxygen atoms in total. The predicted molar refractivity (Wildman–Crippen MR) is 87.6 cm³/mol. The molecule has 1 aliphatic rings. The van der Waals surface area contributed by atoms with Crippen molar-refractivity contribution in [2.45, 2.75) is 32.7 Å². The van der Waals surface area contributed by atoms with E-state index in [1.54, 1.807) is 0 Å². The molecule has 0 amide bonds. The molecule has 0 aliphatic carbocycles. The summed E-state index contributed by atoms with van der Waals surface area (Å²) in [7, 11) is 0. The molecule has 0 saturated carbocycles. The lowest BCUT2D eigenvalue weighted by atomic mass is 9.97. The van der Waals surface area contributed by atoms with Crippen LogP contribution in [-0.4, -0.2) is 35.6 Å². The first kappa shape index (κ1) is 14.3. The lowest BCUT2D eigenvalue weighted by Crippen LogP contribution is -2.40. The fourth-order valence-electron chi connectivity index (χ4n) is 3.00. The van der Waals surface area contributed by atoms with Gasteiger partial charge in [-0.25, -0.2) is 4.98 Å². The molecule has 2 heterocycles. The number of hydrogen-bond donors (Lipinski definition) is 1. The second-order valence-electron chi connectivity index (χ2n) is 6.16. The average Bonchev–Trinajstić information content (AvgIpc) is 2.53. The van der Waals surface area contributed by atoms with Gasteiger partial charge in [-0.3, -0.25) is 4.98 Å². The third-order valence-corrected chi connectivity index (χ3v) is 4.27. The highest BCUT2D eigenvalue weighted by atomic mass is 15.2. The Morgan fingerprint density at radius 1 is 1.19 bits per heavy atom. The fraction of sp³-hybridized carbons (Fsp3) is 0.529. The minimum atomic E-state index is 0.440. The Balaban J connectivity index is 1.84. The number of benzene rings is 1. The topological polar surface area (TPSA) is 41.0 Å². The van der Waals surface area contributed by atoms with Crippen LogP contribution in [0.1, 0.15) is 26.7 Å². The molecule has 0 unspecified atom stereocenters. The van der Waals surface area contributed by atoms with Crippen LogP contribution < -0.4 is 10.2 Å². The average molecular weight is 284 g/mol. The Bertz CT molecular complexity index is 590. The van der Waals surface area contributed by atoms with Gasteiger partial charge in [0.2, 0.25) is 0 Å². The van der Waals surface area contributed by atoms with Gasteiger partial charge in [-0.1, -0.05) is 12.1 Å². The van der Waals surface area contributed by atoms with Gasteiger partial charge >= 0.3 is 0 Å². The zero-order chi connectivity index (χ0) is 14.7. The van der Waals surface area contributed by atoms with Crippen molar-refractivity contribution >= 4 is 16.9 Å². The third kappa shape index (κ3) is 3.32. The van der Waals surface area contributed by atoms with Crippen LogP contribution in [0.2, 0.25) is 0 Å². The van der Waals surface area contributed by atoms with Crippen molar-refractivity contribution < 1.29 is 0 Å². The second-order valence-corrected chi connectivity index (χ2v) is 6.16. The lowest BCUT2D eigenvalue weighted by molar-refractivity contribution is 0.367. The maximum atomic E-state index is 4.81. The van der Waals surface area contributed by atoms with Gasteiger partial charge in [0.1, 0.15) is 5.82 Å². The first-order valence-corrected chi connectivity index (χ1v) is 7.93. The Kier molecular flexibility index (Phi) is 4.34. The molecule has 1 fully saturated rings. The number of fused-ring (bicyclic) bond motifs is 1. The van der Waals surface area contributed by atoms with E-state index in [9.17, 15) is 0 Å². The molecule has 2 aromatic rings. The minimum absolute atomic E-state index is 0.440. The molecular formula is C17H24N4. The number of anilines is 1. The highest BCUT2D eigenvalue weighted by molar-refractivity contribution is 5.75. The molecule has 1 N–H and O–H groups in total. The normalized spacial score (nSPS) is 16.5. The van der Waals surface area contributed by atoms with Crippen molar-refractivity contribution in [1.29, 1.82) is 0 Å².